The van der Waals surface area contributed by atoms with Gasteiger partial charge in [-0.05, 0) is 38.1 Å². The first kappa shape index (κ1) is 18.9. The molecule has 7 nitrogen and oxygen atoms in total. The lowest BCUT2D eigenvalue weighted by Gasteiger charge is -2.25. The van der Waals surface area contributed by atoms with Gasteiger partial charge in [0.15, 0.2) is 11.6 Å². The molecule has 0 N–H and O–H groups in total. The van der Waals surface area contributed by atoms with E-state index in [1.807, 2.05) is 6.92 Å². The number of urea groups is 1. The summed E-state index contributed by atoms with van der Waals surface area (Å²) >= 11 is 0. The number of hydrogen-bond donors (Lipinski definition) is 0. The van der Waals surface area contributed by atoms with Crippen LogP contribution in [-0.4, -0.2) is 58.9 Å². The van der Waals surface area contributed by atoms with Gasteiger partial charge in [-0.2, -0.15) is 0 Å². The molecule has 0 radical (unpaired) electrons. The number of methoxy groups -OCH3 is 1. The zero-order chi connectivity index (χ0) is 18.7. The molecular weight excluding hydrogens is 329 g/mol. The van der Waals surface area contributed by atoms with Gasteiger partial charge in [0.25, 0.3) is 0 Å². The van der Waals surface area contributed by atoms with Crippen LogP contribution in [0.1, 0.15) is 26.3 Å². The average Bonchev–Trinajstić information content (AvgIpc) is 2.77. The van der Waals surface area contributed by atoms with Crippen molar-refractivity contribution in [2.45, 2.75) is 33.4 Å². The molecule has 0 saturated carbocycles. The number of amides is 4. The molecule has 0 aromatic heterocycles. The first-order chi connectivity index (χ1) is 11.8. The summed E-state index contributed by atoms with van der Waals surface area (Å²) in [5.41, 5.74) is 0.672. The van der Waals surface area contributed by atoms with Crippen molar-refractivity contribution in [2.75, 3.05) is 20.3 Å². The number of rotatable bonds is 7. The number of hydrogen-bond acceptors (Lipinski definition) is 5. The van der Waals surface area contributed by atoms with E-state index < -0.39 is 23.7 Å². The van der Waals surface area contributed by atoms with E-state index in [2.05, 4.69) is 0 Å². The van der Waals surface area contributed by atoms with Crippen LogP contribution in [0.4, 0.5) is 9.18 Å². The minimum absolute atomic E-state index is 0.0310. The summed E-state index contributed by atoms with van der Waals surface area (Å²) in [6.45, 7) is 6.00. The first-order valence-electron chi connectivity index (χ1n) is 8.03. The smallest absolute Gasteiger partial charge is 0.335 e. The molecule has 1 saturated heterocycles. The standard InChI is InChI=1S/C17H22FN3O4/c1-5-19(9-12-6-7-14(25-4)13(18)8-12)10-20-15(22)16(23)21(11(2)3)17(20)24/h6-8,11H,5,9-10H2,1-4H3. The van der Waals surface area contributed by atoms with Gasteiger partial charge in [0.05, 0.1) is 13.8 Å². The summed E-state index contributed by atoms with van der Waals surface area (Å²) in [5, 5.41) is 0. The molecule has 1 heterocycles. The third-order valence-corrected chi connectivity index (χ3v) is 4.01. The van der Waals surface area contributed by atoms with Crippen LogP contribution in [0, 0.1) is 5.82 Å². The summed E-state index contributed by atoms with van der Waals surface area (Å²) in [7, 11) is 1.39. The van der Waals surface area contributed by atoms with Gasteiger partial charge in [-0.1, -0.05) is 13.0 Å². The number of carbonyl (C=O) groups is 3. The maximum absolute atomic E-state index is 13.8. The number of imide groups is 2. The van der Waals surface area contributed by atoms with E-state index in [0.29, 0.717) is 18.7 Å². The molecule has 8 heteroatoms. The van der Waals surface area contributed by atoms with Crippen LogP contribution in [-0.2, 0) is 16.1 Å². The van der Waals surface area contributed by atoms with Crippen LogP contribution < -0.4 is 4.74 Å². The molecule has 136 valence electrons. The molecule has 1 aromatic rings. The van der Waals surface area contributed by atoms with Gasteiger partial charge < -0.3 is 4.74 Å². The molecule has 0 spiro atoms. The maximum atomic E-state index is 13.8. The quantitative estimate of drug-likeness (QED) is 0.553. The Kier molecular flexibility index (Phi) is 5.73. The van der Waals surface area contributed by atoms with Crippen molar-refractivity contribution in [3.63, 3.8) is 0 Å². The van der Waals surface area contributed by atoms with Crippen LogP contribution in [0.25, 0.3) is 0 Å². The third kappa shape index (κ3) is 3.79. The summed E-state index contributed by atoms with van der Waals surface area (Å²) in [6, 6.07) is 3.57. The topological polar surface area (TPSA) is 70.2 Å². The highest BCUT2D eigenvalue weighted by Gasteiger charge is 2.45. The molecule has 0 bridgehead atoms. The highest BCUT2D eigenvalue weighted by atomic mass is 19.1. The lowest BCUT2D eigenvalue weighted by molar-refractivity contribution is -0.144. The monoisotopic (exact) mass is 351 g/mol. The Balaban J connectivity index is 2.12. The molecule has 1 aromatic carbocycles. The predicted octanol–water partition coefficient (Wildman–Crippen LogP) is 1.81. The molecule has 1 aliphatic heterocycles. The summed E-state index contributed by atoms with van der Waals surface area (Å²) in [5.74, 6) is -1.98. The molecule has 0 unspecified atom stereocenters. The van der Waals surface area contributed by atoms with Gasteiger partial charge in [0.1, 0.15) is 0 Å². The lowest BCUT2D eigenvalue weighted by Crippen LogP contribution is -2.43. The Morgan fingerprint density at radius 1 is 1.20 bits per heavy atom. The number of nitrogens with zero attached hydrogens (tertiary/aromatic N) is 3. The number of benzene rings is 1. The minimum Gasteiger partial charge on any atom is -0.494 e. The molecule has 25 heavy (non-hydrogen) atoms. The van der Waals surface area contributed by atoms with Crippen molar-refractivity contribution in [1.29, 1.82) is 0 Å². The van der Waals surface area contributed by atoms with Gasteiger partial charge in [-0.25, -0.2) is 14.1 Å². The van der Waals surface area contributed by atoms with Gasteiger partial charge in [0, 0.05) is 12.6 Å². The SMILES string of the molecule is CCN(Cc1ccc(OC)c(F)c1)CN1C(=O)C(=O)N(C(C)C)C1=O. The largest absolute Gasteiger partial charge is 0.494 e. The van der Waals surface area contributed by atoms with Gasteiger partial charge >= 0.3 is 17.8 Å². The van der Waals surface area contributed by atoms with Crippen molar-refractivity contribution in [3.8, 4) is 5.75 Å². The highest BCUT2D eigenvalue weighted by Crippen LogP contribution is 2.20. The fourth-order valence-electron chi connectivity index (χ4n) is 2.63. The van der Waals surface area contributed by atoms with Crippen molar-refractivity contribution >= 4 is 17.8 Å². The lowest BCUT2D eigenvalue weighted by atomic mass is 10.2. The normalized spacial score (nSPS) is 15.1. The molecule has 4 amide bonds. The minimum atomic E-state index is -0.835. The Labute approximate surface area is 145 Å². The predicted molar refractivity (Wildman–Crippen MR) is 88.1 cm³/mol. The van der Waals surface area contributed by atoms with E-state index in [4.69, 9.17) is 4.74 Å². The van der Waals surface area contributed by atoms with Crippen molar-refractivity contribution in [2.24, 2.45) is 0 Å². The third-order valence-electron chi connectivity index (χ3n) is 4.01. The summed E-state index contributed by atoms with van der Waals surface area (Å²) in [6.07, 6.45) is 0. The molecule has 0 atom stereocenters. The summed E-state index contributed by atoms with van der Waals surface area (Å²) < 4.78 is 18.7. The van der Waals surface area contributed by atoms with E-state index in [9.17, 15) is 18.8 Å². The van der Waals surface area contributed by atoms with Gasteiger partial charge in [0.2, 0.25) is 0 Å². The molecule has 0 aliphatic carbocycles. The van der Waals surface area contributed by atoms with E-state index in [0.717, 1.165) is 9.80 Å². The fourth-order valence-corrected chi connectivity index (χ4v) is 2.63. The van der Waals surface area contributed by atoms with E-state index >= 15 is 0 Å². The van der Waals surface area contributed by atoms with Crippen molar-refractivity contribution < 1.29 is 23.5 Å². The maximum Gasteiger partial charge on any atom is 0.335 e. The van der Waals surface area contributed by atoms with Crippen LogP contribution in [0.5, 0.6) is 5.75 Å². The number of halogens is 1. The van der Waals surface area contributed by atoms with E-state index in [-0.39, 0.29) is 18.5 Å². The van der Waals surface area contributed by atoms with E-state index in [1.54, 1.807) is 24.8 Å². The Morgan fingerprint density at radius 3 is 2.36 bits per heavy atom. The zero-order valence-electron chi connectivity index (χ0n) is 14.8. The number of carbonyl (C=O) groups excluding carboxylic acids is 3. The van der Waals surface area contributed by atoms with Crippen molar-refractivity contribution in [3.05, 3.63) is 29.6 Å². The molecular formula is C17H22FN3O4. The second kappa shape index (κ2) is 7.60. The Morgan fingerprint density at radius 2 is 1.88 bits per heavy atom. The van der Waals surface area contributed by atoms with Crippen LogP contribution in [0.3, 0.4) is 0 Å². The van der Waals surface area contributed by atoms with Crippen LogP contribution >= 0.6 is 0 Å². The Bertz CT molecular complexity index is 692. The molecule has 1 aliphatic rings. The fraction of sp³-hybridized carbons (Fsp3) is 0.471. The second-order valence-electron chi connectivity index (χ2n) is 6.04. The van der Waals surface area contributed by atoms with Crippen LogP contribution in [0.2, 0.25) is 0 Å². The average molecular weight is 351 g/mol. The molecule has 2 rings (SSSR count). The van der Waals surface area contributed by atoms with E-state index in [1.165, 1.54) is 19.2 Å². The summed E-state index contributed by atoms with van der Waals surface area (Å²) in [4.78, 5) is 40.0. The van der Waals surface area contributed by atoms with Gasteiger partial charge in [-0.15, -0.1) is 0 Å². The number of ether oxygens (including phenoxy) is 1. The molecule has 1 fully saturated rings. The zero-order valence-corrected chi connectivity index (χ0v) is 14.8. The second-order valence-corrected chi connectivity index (χ2v) is 6.04. The first-order valence-corrected chi connectivity index (χ1v) is 8.03. The van der Waals surface area contributed by atoms with Crippen LogP contribution in [0.15, 0.2) is 18.2 Å². The Hall–Kier alpha value is -2.48. The van der Waals surface area contributed by atoms with Crippen molar-refractivity contribution in [1.82, 2.24) is 14.7 Å². The highest BCUT2D eigenvalue weighted by molar-refractivity contribution is 6.44. The van der Waals surface area contributed by atoms with Gasteiger partial charge in [-0.3, -0.25) is 19.4 Å².